The predicted octanol–water partition coefficient (Wildman–Crippen LogP) is 2.22. The van der Waals surface area contributed by atoms with Gasteiger partial charge in [0.05, 0.1) is 10.9 Å². The molecule has 3 rings (SSSR count). The number of benzene rings is 1. The maximum atomic E-state index is 12.9. The van der Waals surface area contributed by atoms with Crippen molar-refractivity contribution in [2.75, 3.05) is 13.1 Å². The lowest BCUT2D eigenvalue weighted by molar-refractivity contribution is 0.308. The molecular weight excluding hydrogens is 245 g/mol. The van der Waals surface area contributed by atoms with E-state index in [1.807, 2.05) is 0 Å². The van der Waals surface area contributed by atoms with Crippen LogP contribution < -0.4 is 5.32 Å². The Bertz CT molecular complexity index is 553. The third kappa shape index (κ3) is 1.92. The summed E-state index contributed by atoms with van der Waals surface area (Å²) < 4.78 is 18.1. The van der Waals surface area contributed by atoms with Gasteiger partial charge >= 0.3 is 0 Å². The van der Waals surface area contributed by atoms with Crippen molar-refractivity contribution in [2.24, 2.45) is 0 Å². The van der Waals surface area contributed by atoms with Crippen LogP contribution in [0.5, 0.6) is 0 Å². The summed E-state index contributed by atoms with van der Waals surface area (Å²) in [6.07, 6.45) is 0. The van der Waals surface area contributed by atoms with Crippen molar-refractivity contribution in [3.05, 3.63) is 34.9 Å². The minimum atomic E-state index is -0.384. The van der Waals surface area contributed by atoms with Crippen LogP contribution >= 0.6 is 11.6 Å². The second kappa shape index (κ2) is 4.09. The summed E-state index contributed by atoms with van der Waals surface area (Å²) in [5.41, 5.74) is 0.579. The summed E-state index contributed by atoms with van der Waals surface area (Å²) in [5.74, 6) is 0.886. The lowest BCUT2D eigenvalue weighted by Gasteiger charge is -2.22. The van der Waals surface area contributed by atoms with E-state index in [0.717, 1.165) is 13.1 Å². The molecule has 1 aliphatic rings. The lowest BCUT2D eigenvalue weighted by atomic mass is 10.0. The second-order valence-corrected chi connectivity index (χ2v) is 4.34. The van der Waals surface area contributed by atoms with Crippen LogP contribution in [0.25, 0.3) is 11.4 Å². The molecule has 0 saturated carbocycles. The summed E-state index contributed by atoms with van der Waals surface area (Å²) >= 11 is 5.93. The monoisotopic (exact) mass is 253 g/mol. The quantitative estimate of drug-likeness (QED) is 0.892. The van der Waals surface area contributed by atoms with E-state index in [1.165, 1.54) is 12.1 Å². The van der Waals surface area contributed by atoms with Crippen molar-refractivity contribution in [2.45, 2.75) is 5.92 Å². The fraction of sp³-hybridized carbons (Fsp3) is 0.273. The van der Waals surface area contributed by atoms with Crippen molar-refractivity contribution in [3.8, 4) is 11.4 Å². The molecule has 0 aliphatic carbocycles. The molecule has 1 aromatic heterocycles. The maximum absolute atomic E-state index is 12.9. The highest BCUT2D eigenvalue weighted by atomic mass is 35.5. The average Bonchev–Trinajstić information content (AvgIpc) is 2.64. The van der Waals surface area contributed by atoms with Crippen molar-refractivity contribution in [3.63, 3.8) is 0 Å². The summed E-state index contributed by atoms with van der Waals surface area (Å²) in [6, 6.07) is 4.10. The standard InChI is InChI=1S/C11H9ClFN3O/c12-9-3-7(13)1-2-8(9)10-15-11(17-16-10)6-4-14-5-6/h1-3,6,14H,4-5H2. The molecule has 6 heteroatoms. The van der Waals surface area contributed by atoms with Gasteiger partial charge in [-0.3, -0.25) is 0 Å². The Labute approximate surface area is 102 Å². The molecule has 1 aromatic carbocycles. The number of hydrogen-bond acceptors (Lipinski definition) is 4. The Hall–Kier alpha value is -1.46. The van der Waals surface area contributed by atoms with Crippen molar-refractivity contribution < 1.29 is 8.91 Å². The maximum Gasteiger partial charge on any atom is 0.232 e. The smallest absolute Gasteiger partial charge is 0.232 e. The van der Waals surface area contributed by atoms with Gasteiger partial charge in [0, 0.05) is 18.7 Å². The van der Waals surface area contributed by atoms with E-state index < -0.39 is 0 Å². The fourth-order valence-electron chi connectivity index (χ4n) is 1.64. The van der Waals surface area contributed by atoms with Crippen LogP contribution in [0.4, 0.5) is 4.39 Å². The van der Waals surface area contributed by atoms with Gasteiger partial charge in [-0.25, -0.2) is 4.39 Å². The van der Waals surface area contributed by atoms with Gasteiger partial charge < -0.3 is 9.84 Å². The highest BCUT2D eigenvalue weighted by Gasteiger charge is 2.25. The van der Waals surface area contributed by atoms with Crippen LogP contribution in [-0.4, -0.2) is 23.2 Å². The van der Waals surface area contributed by atoms with E-state index in [4.69, 9.17) is 16.1 Å². The first kappa shape index (κ1) is 10.7. The highest BCUT2D eigenvalue weighted by Crippen LogP contribution is 2.28. The molecule has 0 spiro atoms. The Morgan fingerprint density at radius 2 is 2.24 bits per heavy atom. The molecule has 1 aliphatic heterocycles. The van der Waals surface area contributed by atoms with Gasteiger partial charge in [0.1, 0.15) is 5.82 Å². The Morgan fingerprint density at radius 1 is 1.41 bits per heavy atom. The topological polar surface area (TPSA) is 51.0 Å². The largest absolute Gasteiger partial charge is 0.339 e. The number of nitrogens with zero attached hydrogens (tertiary/aromatic N) is 2. The molecule has 17 heavy (non-hydrogen) atoms. The van der Waals surface area contributed by atoms with Gasteiger partial charge in [0.25, 0.3) is 0 Å². The molecule has 1 saturated heterocycles. The van der Waals surface area contributed by atoms with Crippen LogP contribution in [0.15, 0.2) is 22.7 Å². The molecule has 0 atom stereocenters. The normalized spacial score (nSPS) is 15.9. The van der Waals surface area contributed by atoms with Gasteiger partial charge in [-0.05, 0) is 18.2 Å². The Morgan fingerprint density at radius 3 is 2.88 bits per heavy atom. The SMILES string of the molecule is Fc1ccc(-c2noc(C3CNC3)n2)c(Cl)c1. The van der Waals surface area contributed by atoms with Crippen LogP contribution in [0.3, 0.4) is 0 Å². The summed E-state index contributed by atoms with van der Waals surface area (Å²) in [4.78, 5) is 4.27. The highest BCUT2D eigenvalue weighted by molar-refractivity contribution is 6.33. The fourth-order valence-corrected chi connectivity index (χ4v) is 1.90. The number of aromatic nitrogens is 2. The molecule has 4 nitrogen and oxygen atoms in total. The van der Waals surface area contributed by atoms with Crippen molar-refractivity contribution >= 4 is 11.6 Å². The first-order chi connectivity index (χ1) is 8.24. The zero-order valence-corrected chi connectivity index (χ0v) is 9.54. The molecule has 1 N–H and O–H groups in total. The summed E-state index contributed by atoms with van der Waals surface area (Å²) in [7, 11) is 0. The third-order valence-electron chi connectivity index (χ3n) is 2.74. The molecule has 2 heterocycles. The Balaban J connectivity index is 1.94. The molecule has 0 radical (unpaired) electrons. The zero-order chi connectivity index (χ0) is 11.8. The molecule has 0 amide bonds. The first-order valence-electron chi connectivity index (χ1n) is 5.24. The predicted molar refractivity (Wildman–Crippen MR) is 60.3 cm³/mol. The minimum Gasteiger partial charge on any atom is -0.339 e. The minimum absolute atomic E-state index is 0.274. The van der Waals surface area contributed by atoms with Crippen LogP contribution in [0.1, 0.15) is 11.8 Å². The van der Waals surface area contributed by atoms with Gasteiger partial charge in [-0.1, -0.05) is 16.8 Å². The molecule has 0 bridgehead atoms. The number of hydrogen-bond donors (Lipinski definition) is 1. The van der Waals surface area contributed by atoms with E-state index in [0.29, 0.717) is 17.3 Å². The van der Waals surface area contributed by atoms with E-state index in [-0.39, 0.29) is 16.8 Å². The summed E-state index contributed by atoms with van der Waals surface area (Å²) in [5, 5.41) is 7.26. The van der Waals surface area contributed by atoms with Crippen LogP contribution in [0, 0.1) is 5.82 Å². The molecule has 2 aromatic rings. The lowest BCUT2D eigenvalue weighted by Crippen LogP contribution is -2.40. The van der Waals surface area contributed by atoms with E-state index in [1.54, 1.807) is 6.07 Å². The zero-order valence-electron chi connectivity index (χ0n) is 8.78. The van der Waals surface area contributed by atoms with Gasteiger partial charge in [0.15, 0.2) is 0 Å². The van der Waals surface area contributed by atoms with E-state index >= 15 is 0 Å². The van der Waals surface area contributed by atoms with Crippen molar-refractivity contribution in [1.82, 2.24) is 15.5 Å². The number of nitrogens with one attached hydrogen (secondary N) is 1. The second-order valence-electron chi connectivity index (χ2n) is 3.94. The number of halogens is 2. The van der Waals surface area contributed by atoms with Gasteiger partial charge in [0.2, 0.25) is 11.7 Å². The van der Waals surface area contributed by atoms with E-state index in [9.17, 15) is 4.39 Å². The molecule has 88 valence electrons. The van der Waals surface area contributed by atoms with Crippen LogP contribution in [0.2, 0.25) is 5.02 Å². The average molecular weight is 254 g/mol. The summed E-state index contributed by atoms with van der Waals surface area (Å²) in [6.45, 7) is 1.69. The van der Waals surface area contributed by atoms with Crippen LogP contribution in [-0.2, 0) is 0 Å². The number of rotatable bonds is 2. The molecule has 1 fully saturated rings. The molecule has 0 unspecified atom stereocenters. The van der Waals surface area contributed by atoms with Crippen molar-refractivity contribution in [1.29, 1.82) is 0 Å². The third-order valence-corrected chi connectivity index (χ3v) is 3.06. The van der Waals surface area contributed by atoms with Gasteiger partial charge in [-0.15, -0.1) is 0 Å². The molecular formula is C11H9ClFN3O. The van der Waals surface area contributed by atoms with E-state index in [2.05, 4.69) is 15.5 Å². The Kier molecular flexibility index (Phi) is 2.57. The first-order valence-corrected chi connectivity index (χ1v) is 5.61. The van der Waals surface area contributed by atoms with Gasteiger partial charge in [-0.2, -0.15) is 4.98 Å².